The van der Waals surface area contributed by atoms with Crippen LogP contribution in [0.3, 0.4) is 0 Å². The second-order valence-electron chi connectivity index (χ2n) is 3.79. The molecular formula is C13H9F2IN2O. The lowest BCUT2D eigenvalue weighted by molar-refractivity contribution is 0.102. The number of hydrogen-bond donors (Lipinski definition) is 2. The highest BCUT2D eigenvalue weighted by Gasteiger charge is 2.16. The van der Waals surface area contributed by atoms with Crippen molar-refractivity contribution in [3.63, 3.8) is 0 Å². The molecule has 2 rings (SSSR count). The quantitative estimate of drug-likeness (QED) is 0.626. The Bertz CT molecular complexity index is 647. The van der Waals surface area contributed by atoms with Crippen LogP contribution < -0.4 is 11.1 Å². The van der Waals surface area contributed by atoms with Gasteiger partial charge in [0.2, 0.25) is 0 Å². The fourth-order valence-electron chi connectivity index (χ4n) is 1.53. The van der Waals surface area contributed by atoms with Crippen molar-refractivity contribution in [2.75, 3.05) is 11.1 Å². The number of amides is 1. The largest absolute Gasteiger partial charge is 0.396 e. The van der Waals surface area contributed by atoms with E-state index in [1.165, 1.54) is 0 Å². The molecule has 0 unspecified atom stereocenters. The first-order valence-corrected chi connectivity index (χ1v) is 6.37. The van der Waals surface area contributed by atoms with E-state index >= 15 is 0 Å². The second-order valence-corrected chi connectivity index (χ2v) is 4.95. The summed E-state index contributed by atoms with van der Waals surface area (Å²) in [6, 6.07) is 8.63. The molecule has 0 aliphatic carbocycles. The van der Waals surface area contributed by atoms with Gasteiger partial charge in [-0.25, -0.2) is 8.78 Å². The van der Waals surface area contributed by atoms with Gasteiger partial charge in [-0.15, -0.1) is 0 Å². The molecule has 2 aromatic carbocycles. The van der Waals surface area contributed by atoms with E-state index in [0.717, 1.165) is 15.7 Å². The minimum Gasteiger partial charge on any atom is -0.396 e. The predicted molar refractivity (Wildman–Crippen MR) is 77.9 cm³/mol. The molecule has 0 saturated carbocycles. The van der Waals surface area contributed by atoms with Crippen molar-refractivity contribution in [1.29, 1.82) is 0 Å². The number of benzene rings is 2. The Kier molecular flexibility index (Phi) is 3.98. The molecule has 0 fully saturated rings. The maximum atomic E-state index is 13.7. The molecule has 3 N–H and O–H groups in total. The number of nitrogens with two attached hydrogens (primary N) is 1. The van der Waals surface area contributed by atoms with E-state index in [-0.39, 0.29) is 0 Å². The number of nitrogen functional groups attached to an aromatic ring is 1. The SMILES string of the molecule is Nc1cc(F)cc(C(=O)Nc2ccccc2I)c1F. The first kappa shape index (κ1) is 13.7. The lowest BCUT2D eigenvalue weighted by Gasteiger charge is -2.09. The van der Waals surface area contributed by atoms with E-state index in [2.05, 4.69) is 5.32 Å². The van der Waals surface area contributed by atoms with Gasteiger partial charge in [0.05, 0.1) is 16.9 Å². The molecule has 98 valence electrons. The van der Waals surface area contributed by atoms with E-state index < -0.39 is 28.8 Å². The minimum absolute atomic E-state index is 0.395. The third kappa shape index (κ3) is 3.01. The fraction of sp³-hybridized carbons (Fsp3) is 0. The monoisotopic (exact) mass is 374 g/mol. The summed E-state index contributed by atoms with van der Waals surface area (Å²) in [6.45, 7) is 0. The van der Waals surface area contributed by atoms with E-state index in [4.69, 9.17) is 5.73 Å². The molecule has 0 aliphatic rings. The van der Waals surface area contributed by atoms with E-state index in [0.29, 0.717) is 5.69 Å². The molecular weight excluding hydrogens is 365 g/mol. The predicted octanol–water partition coefficient (Wildman–Crippen LogP) is 3.40. The summed E-state index contributed by atoms with van der Waals surface area (Å²) in [5.74, 6) is -2.43. The van der Waals surface area contributed by atoms with Crippen LogP contribution in [-0.2, 0) is 0 Å². The van der Waals surface area contributed by atoms with Gasteiger partial charge in [0.25, 0.3) is 5.91 Å². The fourth-order valence-corrected chi connectivity index (χ4v) is 2.05. The van der Waals surface area contributed by atoms with Crippen LogP contribution in [0.4, 0.5) is 20.2 Å². The first-order valence-electron chi connectivity index (χ1n) is 5.29. The number of carbonyl (C=O) groups excluding carboxylic acids is 1. The zero-order valence-electron chi connectivity index (χ0n) is 9.58. The van der Waals surface area contributed by atoms with E-state index in [1.54, 1.807) is 24.3 Å². The summed E-state index contributed by atoms with van der Waals surface area (Å²) in [5, 5.41) is 2.51. The highest BCUT2D eigenvalue weighted by molar-refractivity contribution is 14.1. The summed E-state index contributed by atoms with van der Waals surface area (Å²) >= 11 is 2.03. The standard InChI is InChI=1S/C13H9F2IN2O/c14-7-5-8(12(15)10(17)6-7)13(19)18-11-4-2-1-3-9(11)16/h1-6H,17H2,(H,18,19). The number of rotatable bonds is 2. The Hall–Kier alpha value is -1.70. The van der Waals surface area contributed by atoms with Crippen molar-refractivity contribution in [1.82, 2.24) is 0 Å². The zero-order chi connectivity index (χ0) is 14.0. The molecule has 0 aromatic heterocycles. The summed E-state index contributed by atoms with van der Waals surface area (Å²) in [6.07, 6.45) is 0. The van der Waals surface area contributed by atoms with Gasteiger partial charge in [-0.1, -0.05) is 12.1 Å². The topological polar surface area (TPSA) is 55.1 Å². The maximum absolute atomic E-state index is 13.7. The number of carbonyl (C=O) groups is 1. The lowest BCUT2D eigenvalue weighted by atomic mass is 10.1. The van der Waals surface area contributed by atoms with Crippen LogP contribution in [0.2, 0.25) is 0 Å². The molecule has 6 heteroatoms. The van der Waals surface area contributed by atoms with Crippen LogP contribution in [0.5, 0.6) is 0 Å². The van der Waals surface area contributed by atoms with Crippen LogP contribution in [0, 0.1) is 15.2 Å². The highest BCUT2D eigenvalue weighted by atomic mass is 127. The molecule has 0 aliphatic heterocycles. The Balaban J connectivity index is 2.33. The van der Waals surface area contributed by atoms with Crippen molar-refractivity contribution in [2.24, 2.45) is 0 Å². The smallest absolute Gasteiger partial charge is 0.258 e. The van der Waals surface area contributed by atoms with Crippen LogP contribution in [0.15, 0.2) is 36.4 Å². The summed E-state index contributed by atoms with van der Waals surface area (Å²) in [4.78, 5) is 11.9. The summed E-state index contributed by atoms with van der Waals surface area (Å²) in [5.41, 5.74) is 4.99. The third-order valence-corrected chi connectivity index (χ3v) is 3.37. The van der Waals surface area contributed by atoms with Crippen LogP contribution in [-0.4, -0.2) is 5.91 Å². The molecule has 0 saturated heterocycles. The van der Waals surface area contributed by atoms with Crippen molar-refractivity contribution in [3.05, 3.63) is 57.2 Å². The number of anilines is 2. The van der Waals surface area contributed by atoms with Gasteiger partial charge < -0.3 is 11.1 Å². The number of halogens is 3. The van der Waals surface area contributed by atoms with E-state index in [9.17, 15) is 13.6 Å². The van der Waals surface area contributed by atoms with Gasteiger partial charge in [-0.05, 0) is 46.9 Å². The van der Waals surface area contributed by atoms with Gasteiger partial charge in [0.1, 0.15) is 5.82 Å². The van der Waals surface area contributed by atoms with Gasteiger partial charge >= 0.3 is 0 Å². The van der Waals surface area contributed by atoms with Crippen molar-refractivity contribution in [3.8, 4) is 0 Å². The number of hydrogen-bond acceptors (Lipinski definition) is 2. The Morgan fingerprint density at radius 1 is 1.21 bits per heavy atom. The summed E-state index contributed by atoms with van der Waals surface area (Å²) in [7, 11) is 0. The van der Waals surface area contributed by atoms with Crippen molar-refractivity contribution in [2.45, 2.75) is 0 Å². The molecule has 1 amide bonds. The molecule has 0 atom stereocenters. The van der Waals surface area contributed by atoms with Crippen LogP contribution in [0.25, 0.3) is 0 Å². The average molecular weight is 374 g/mol. The third-order valence-electron chi connectivity index (χ3n) is 2.43. The van der Waals surface area contributed by atoms with Gasteiger partial charge in [0, 0.05) is 3.57 Å². The molecule has 2 aromatic rings. The van der Waals surface area contributed by atoms with Gasteiger partial charge in [-0.2, -0.15) is 0 Å². The molecule has 19 heavy (non-hydrogen) atoms. The molecule has 0 spiro atoms. The first-order chi connectivity index (χ1) is 8.99. The van der Waals surface area contributed by atoms with Crippen LogP contribution >= 0.6 is 22.6 Å². The number of para-hydroxylation sites is 1. The molecule has 3 nitrogen and oxygen atoms in total. The lowest BCUT2D eigenvalue weighted by Crippen LogP contribution is -2.16. The Morgan fingerprint density at radius 2 is 1.89 bits per heavy atom. The van der Waals surface area contributed by atoms with Crippen LogP contribution in [0.1, 0.15) is 10.4 Å². The van der Waals surface area contributed by atoms with Gasteiger partial charge in [0.15, 0.2) is 5.82 Å². The number of nitrogens with one attached hydrogen (secondary N) is 1. The minimum atomic E-state index is -0.926. The van der Waals surface area contributed by atoms with Crippen molar-refractivity contribution < 1.29 is 13.6 Å². The highest BCUT2D eigenvalue weighted by Crippen LogP contribution is 2.21. The molecule has 0 heterocycles. The van der Waals surface area contributed by atoms with Gasteiger partial charge in [-0.3, -0.25) is 4.79 Å². The van der Waals surface area contributed by atoms with Crippen molar-refractivity contribution >= 4 is 39.9 Å². The summed E-state index contributed by atoms with van der Waals surface area (Å²) < 4.78 is 27.6. The molecule has 0 bridgehead atoms. The normalized spacial score (nSPS) is 10.3. The molecule has 0 radical (unpaired) electrons. The van der Waals surface area contributed by atoms with E-state index in [1.807, 2.05) is 22.6 Å². The Morgan fingerprint density at radius 3 is 2.58 bits per heavy atom. The zero-order valence-corrected chi connectivity index (χ0v) is 11.7. The Labute approximate surface area is 121 Å². The average Bonchev–Trinajstić information content (AvgIpc) is 2.36. The second kappa shape index (κ2) is 5.52. The maximum Gasteiger partial charge on any atom is 0.258 e.